The van der Waals surface area contributed by atoms with Crippen molar-refractivity contribution in [3.63, 3.8) is 0 Å². The van der Waals surface area contributed by atoms with Crippen molar-refractivity contribution in [3.8, 4) is 17.6 Å². The third-order valence-electron chi connectivity index (χ3n) is 4.52. The van der Waals surface area contributed by atoms with Crippen molar-refractivity contribution in [3.05, 3.63) is 35.5 Å². The summed E-state index contributed by atoms with van der Waals surface area (Å²) in [6.45, 7) is 0.163. The van der Waals surface area contributed by atoms with E-state index in [0.717, 1.165) is 4.90 Å². The zero-order valence-corrected chi connectivity index (χ0v) is 15.1. The molecular formula is C17H16N4O5S. The Balaban J connectivity index is 1.73. The fraction of sp³-hybridized carbons (Fsp3) is 0.294. The molecule has 140 valence electrons. The zero-order chi connectivity index (χ0) is 19.3. The van der Waals surface area contributed by atoms with Crippen LogP contribution in [0.15, 0.2) is 29.4 Å². The summed E-state index contributed by atoms with van der Waals surface area (Å²) >= 11 is 0. The predicted octanol–water partition coefficient (Wildman–Crippen LogP) is -0.404. The maximum absolute atomic E-state index is 12.6. The number of imidazole rings is 1. The first-order chi connectivity index (χ1) is 12.8. The number of fused-ring (bicyclic) bond motifs is 3. The van der Waals surface area contributed by atoms with Crippen LogP contribution in [0.2, 0.25) is 0 Å². The van der Waals surface area contributed by atoms with Gasteiger partial charge in [-0.3, -0.25) is 9.69 Å². The first-order valence-corrected chi connectivity index (χ1v) is 9.78. The molecule has 10 heteroatoms. The molecule has 0 saturated heterocycles. The molecule has 0 spiro atoms. The van der Waals surface area contributed by atoms with E-state index >= 15 is 0 Å². The number of aromatic hydroxyl groups is 1. The van der Waals surface area contributed by atoms with Crippen molar-refractivity contribution in [2.45, 2.75) is 18.1 Å². The number of aliphatic hydroxyl groups excluding tert-OH is 1. The Morgan fingerprint density at radius 3 is 2.89 bits per heavy atom. The van der Waals surface area contributed by atoms with Gasteiger partial charge in [0.25, 0.3) is 5.91 Å². The van der Waals surface area contributed by atoms with Crippen molar-refractivity contribution in [2.24, 2.45) is 0 Å². The minimum absolute atomic E-state index is 0.0118. The number of benzene rings is 1. The molecule has 2 N–H and O–H groups in total. The molecule has 0 radical (unpaired) electrons. The number of sulfone groups is 1. The number of carbonyl (C=O) groups excluding carboxylic acids is 1. The summed E-state index contributed by atoms with van der Waals surface area (Å²) in [4.78, 5) is 19.2. The van der Waals surface area contributed by atoms with E-state index < -0.39 is 22.1 Å². The lowest BCUT2D eigenvalue weighted by Crippen LogP contribution is -2.54. The number of carbonyl (C=O) groups is 1. The third kappa shape index (κ3) is 2.72. The Bertz CT molecular complexity index is 1110. The molecule has 3 heterocycles. The van der Waals surface area contributed by atoms with Gasteiger partial charge in [0.15, 0.2) is 11.5 Å². The average molecular weight is 388 g/mol. The number of rotatable bonds is 1. The van der Waals surface area contributed by atoms with Crippen molar-refractivity contribution in [2.75, 3.05) is 24.2 Å². The van der Waals surface area contributed by atoms with Crippen LogP contribution < -0.4 is 4.90 Å². The van der Waals surface area contributed by atoms with Gasteiger partial charge in [-0.15, -0.1) is 0 Å². The van der Waals surface area contributed by atoms with Crippen LogP contribution in [0.1, 0.15) is 16.1 Å². The molecule has 2 aliphatic heterocycles. The van der Waals surface area contributed by atoms with Gasteiger partial charge < -0.3 is 19.7 Å². The lowest BCUT2D eigenvalue weighted by molar-refractivity contribution is 0.0139. The van der Waals surface area contributed by atoms with Gasteiger partial charge >= 0.3 is 0 Å². The number of aromatic nitrogens is 2. The Morgan fingerprint density at radius 2 is 2.15 bits per heavy atom. The molecule has 2 aliphatic rings. The average Bonchev–Trinajstić information content (AvgIpc) is 3.14. The van der Waals surface area contributed by atoms with Gasteiger partial charge in [0, 0.05) is 19.2 Å². The van der Waals surface area contributed by atoms with Crippen LogP contribution in [-0.2, 0) is 16.4 Å². The summed E-state index contributed by atoms with van der Waals surface area (Å²) in [7, 11) is -2.12. The minimum Gasteiger partial charge on any atom is -0.508 e. The molecule has 0 aliphatic carbocycles. The smallest absolute Gasteiger partial charge is 0.277 e. The summed E-state index contributed by atoms with van der Waals surface area (Å²) in [6.07, 6.45) is -1.32. The molecule has 9 nitrogen and oxygen atoms in total. The Morgan fingerprint density at radius 1 is 1.37 bits per heavy atom. The standard InChI is InChI=1S/C17H16N4O5S/c1-19-15(23)13-14(18-16-20(13)8-9-27(16,25)26)21(17(19)24)7-3-5-11-4-2-6-12(22)10-11/h2,4,6,10,17,22,24H,7-9H2,1H3. The molecule has 4 rings (SSSR count). The van der Waals surface area contributed by atoms with Crippen molar-refractivity contribution < 1.29 is 23.4 Å². The maximum atomic E-state index is 12.6. The predicted molar refractivity (Wildman–Crippen MR) is 94.7 cm³/mol. The second-order valence-electron chi connectivity index (χ2n) is 6.28. The van der Waals surface area contributed by atoms with Crippen LogP contribution in [0, 0.1) is 11.8 Å². The molecule has 1 aromatic heterocycles. The SMILES string of the molecule is CN1C(=O)c2c(nc3n2CCS3(=O)=O)N(CC#Cc2cccc(O)c2)C1O. The van der Waals surface area contributed by atoms with Crippen LogP contribution >= 0.6 is 0 Å². The highest BCUT2D eigenvalue weighted by atomic mass is 32.2. The van der Waals surface area contributed by atoms with Gasteiger partial charge in [0.2, 0.25) is 21.3 Å². The Labute approximate surface area is 155 Å². The topological polar surface area (TPSA) is 116 Å². The van der Waals surface area contributed by atoms with Crippen molar-refractivity contribution in [1.29, 1.82) is 0 Å². The lowest BCUT2D eigenvalue weighted by atomic mass is 10.2. The second-order valence-corrected chi connectivity index (χ2v) is 8.28. The molecule has 1 amide bonds. The van der Waals surface area contributed by atoms with Crippen LogP contribution in [0.3, 0.4) is 0 Å². The van der Waals surface area contributed by atoms with E-state index in [1.54, 1.807) is 12.1 Å². The number of hydrogen-bond donors (Lipinski definition) is 2. The molecule has 1 unspecified atom stereocenters. The largest absolute Gasteiger partial charge is 0.508 e. The quantitative estimate of drug-likeness (QED) is 0.639. The molecule has 1 aromatic carbocycles. The van der Waals surface area contributed by atoms with Gasteiger partial charge in [0.05, 0.1) is 12.3 Å². The highest BCUT2D eigenvalue weighted by Crippen LogP contribution is 2.34. The number of phenolic OH excluding ortho intramolecular Hbond substituents is 1. The van der Waals surface area contributed by atoms with Crippen LogP contribution in [0.5, 0.6) is 5.75 Å². The van der Waals surface area contributed by atoms with Crippen LogP contribution in [-0.4, -0.2) is 64.7 Å². The van der Waals surface area contributed by atoms with Crippen molar-refractivity contribution >= 4 is 21.6 Å². The third-order valence-corrected chi connectivity index (χ3v) is 6.11. The van der Waals surface area contributed by atoms with Crippen LogP contribution in [0.25, 0.3) is 0 Å². The van der Waals surface area contributed by atoms with E-state index in [4.69, 9.17) is 0 Å². The highest BCUT2D eigenvalue weighted by Gasteiger charge is 2.43. The van der Waals surface area contributed by atoms with Gasteiger partial charge in [-0.2, -0.15) is 4.98 Å². The normalized spacial score (nSPS) is 20.1. The number of anilines is 1. The summed E-state index contributed by atoms with van der Waals surface area (Å²) < 4.78 is 25.7. The number of hydrogen-bond acceptors (Lipinski definition) is 7. The molecule has 27 heavy (non-hydrogen) atoms. The zero-order valence-electron chi connectivity index (χ0n) is 14.3. The molecule has 2 aromatic rings. The highest BCUT2D eigenvalue weighted by molar-refractivity contribution is 7.91. The number of nitrogens with zero attached hydrogens (tertiary/aromatic N) is 4. The van der Waals surface area contributed by atoms with Gasteiger partial charge in [-0.25, -0.2) is 8.42 Å². The minimum atomic E-state index is -3.54. The molecule has 0 fully saturated rings. The molecule has 1 atom stereocenters. The fourth-order valence-electron chi connectivity index (χ4n) is 3.14. The number of phenols is 1. The first-order valence-electron chi connectivity index (χ1n) is 8.12. The first kappa shape index (κ1) is 17.4. The van der Waals surface area contributed by atoms with E-state index in [1.807, 2.05) is 0 Å². The number of amides is 1. The van der Waals surface area contributed by atoms with E-state index in [1.165, 1.54) is 28.6 Å². The summed E-state index contributed by atoms with van der Waals surface area (Å²) in [5, 5.41) is 19.8. The van der Waals surface area contributed by atoms with E-state index in [0.29, 0.717) is 5.56 Å². The fourth-order valence-corrected chi connectivity index (χ4v) is 4.49. The lowest BCUT2D eigenvalue weighted by Gasteiger charge is -2.37. The molecular weight excluding hydrogens is 372 g/mol. The summed E-state index contributed by atoms with van der Waals surface area (Å²) in [5.74, 6) is 5.31. The maximum Gasteiger partial charge on any atom is 0.277 e. The van der Waals surface area contributed by atoms with Gasteiger partial charge in [0.1, 0.15) is 5.75 Å². The molecule has 0 bridgehead atoms. The Kier molecular flexibility index (Phi) is 3.87. The van der Waals surface area contributed by atoms with E-state index in [9.17, 15) is 23.4 Å². The summed E-state index contributed by atoms with van der Waals surface area (Å²) in [5.41, 5.74) is 0.721. The van der Waals surface area contributed by atoms with Crippen LogP contribution in [0.4, 0.5) is 5.82 Å². The number of aliphatic hydroxyl groups is 1. The van der Waals surface area contributed by atoms with Gasteiger partial charge in [-0.1, -0.05) is 17.9 Å². The van der Waals surface area contributed by atoms with E-state index in [-0.39, 0.29) is 41.3 Å². The van der Waals surface area contributed by atoms with Gasteiger partial charge in [-0.05, 0) is 18.2 Å². The monoisotopic (exact) mass is 388 g/mol. The Hall–Kier alpha value is -3.03. The second kappa shape index (κ2) is 6.00. The van der Waals surface area contributed by atoms with E-state index in [2.05, 4.69) is 16.8 Å². The summed E-state index contributed by atoms with van der Waals surface area (Å²) in [6, 6.07) is 6.40. The van der Waals surface area contributed by atoms with Crippen molar-refractivity contribution in [1.82, 2.24) is 14.5 Å². The molecule has 0 saturated carbocycles.